The summed E-state index contributed by atoms with van der Waals surface area (Å²) in [4.78, 5) is 25.7. The third-order valence-electron chi connectivity index (χ3n) is 2.47. The molecule has 0 fully saturated rings. The van der Waals surface area contributed by atoms with Gasteiger partial charge in [-0.1, -0.05) is 24.3 Å². The van der Waals surface area contributed by atoms with E-state index < -0.39 is 18.2 Å². The Labute approximate surface area is 104 Å². The average Bonchev–Trinajstić information content (AvgIpc) is 2.43. The van der Waals surface area contributed by atoms with Crippen LogP contribution in [0.25, 0.3) is 0 Å². The van der Waals surface area contributed by atoms with Crippen LogP contribution in [0.2, 0.25) is 0 Å². The largest absolute Gasteiger partial charge is 0.426 e. The van der Waals surface area contributed by atoms with Crippen LogP contribution < -0.4 is 16.9 Å². The van der Waals surface area contributed by atoms with Crippen molar-refractivity contribution in [1.82, 2.24) is 5.32 Å². The Bertz CT molecular complexity index is 407. The molecule has 1 aromatic carbocycles. The van der Waals surface area contributed by atoms with Crippen LogP contribution in [0, 0.1) is 0 Å². The van der Waals surface area contributed by atoms with Crippen molar-refractivity contribution in [1.29, 1.82) is 0 Å². The maximum atomic E-state index is 10.9. The van der Waals surface area contributed by atoms with Crippen molar-refractivity contribution in [3.63, 3.8) is 0 Å². The first-order valence-corrected chi connectivity index (χ1v) is 5.20. The van der Waals surface area contributed by atoms with Gasteiger partial charge in [0.1, 0.15) is 12.3 Å². The van der Waals surface area contributed by atoms with Crippen molar-refractivity contribution in [3.05, 3.63) is 35.4 Å². The fraction of sp³-hybridized carbons (Fsp3) is 0.273. The van der Waals surface area contributed by atoms with Crippen LogP contribution in [0.3, 0.4) is 0 Å². The SMILES string of the molecule is NOC(=O)NC(C=O)C(N)c1ccc(CO)cc1. The highest BCUT2D eigenvalue weighted by Gasteiger charge is 2.21. The number of nitrogens with two attached hydrogens (primary N) is 2. The van der Waals surface area contributed by atoms with Crippen molar-refractivity contribution in [2.24, 2.45) is 11.6 Å². The summed E-state index contributed by atoms with van der Waals surface area (Å²) in [5, 5.41) is 11.1. The van der Waals surface area contributed by atoms with Crippen LogP contribution in [0.1, 0.15) is 17.2 Å². The van der Waals surface area contributed by atoms with E-state index in [9.17, 15) is 9.59 Å². The lowest BCUT2D eigenvalue weighted by Crippen LogP contribution is -2.44. The fourth-order valence-corrected chi connectivity index (χ4v) is 1.43. The predicted molar refractivity (Wildman–Crippen MR) is 62.9 cm³/mol. The van der Waals surface area contributed by atoms with E-state index in [1.165, 1.54) is 0 Å². The van der Waals surface area contributed by atoms with Gasteiger partial charge >= 0.3 is 6.09 Å². The number of hydrogen-bond donors (Lipinski definition) is 4. The van der Waals surface area contributed by atoms with Crippen molar-refractivity contribution in [2.45, 2.75) is 18.7 Å². The first kappa shape index (κ1) is 14.1. The molecule has 1 amide bonds. The normalized spacial score (nSPS) is 13.5. The molecule has 0 radical (unpaired) electrons. The van der Waals surface area contributed by atoms with E-state index in [0.29, 0.717) is 11.8 Å². The number of benzene rings is 1. The van der Waals surface area contributed by atoms with E-state index in [4.69, 9.17) is 10.8 Å². The monoisotopic (exact) mass is 253 g/mol. The molecule has 0 heterocycles. The molecule has 0 saturated heterocycles. The van der Waals surface area contributed by atoms with Gasteiger partial charge in [-0.15, -0.1) is 0 Å². The molecule has 0 aliphatic rings. The van der Waals surface area contributed by atoms with E-state index in [0.717, 1.165) is 5.56 Å². The molecule has 0 saturated carbocycles. The summed E-state index contributed by atoms with van der Waals surface area (Å²) >= 11 is 0. The maximum absolute atomic E-state index is 10.9. The summed E-state index contributed by atoms with van der Waals surface area (Å²) in [5.74, 6) is 4.66. The first-order valence-electron chi connectivity index (χ1n) is 5.20. The van der Waals surface area contributed by atoms with E-state index in [1.54, 1.807) is 24.3 Å². The van der Waals surface area contributed by atoms with Crippen LogP contribution in [0.4, 0.5) is 4.79 Å². The molecule has 6 N–H and O–H groups in total. The predicted octanol–water partition coefficient (Wildman–Crippen LogP) is -0.654. The smallest absolute Gasteiger partial charge is 0.392 e. The minimum Gasteiger partial charge on any atom is -0.392 e. The number of nitrogens with one attached hydrogen (secondary N) is 1. The van der Waals surface area contributed by atoms with Gasteiger partial charge in [0, 0.05) is 0 Å². The quantitative estimate of drug-likeness (QED) is 0.407. The van der Waals surface area contributed by atoms with E-state index in [2.05, 4.69) is 16.1 Å². The number of rotatable bonds is 5. The molecule has 18 heavy (non-hydrogen) atoms. The first-order chi connectivity index (χ1) is 8.62. The molecule has 0 aliphatic heterocycles. The minimum atomic E-state index is -0.943. The summed E-state index contributed by atoms with van der Waals surface area (Å²) in [7, 11) is 0. The Balaban J connectivity index is 2.78. The van der Waals surface area contributed by atoms with E-state index in [1.807, 2.05) is 0 Å². The number of carbonyl (C=O) groups is 2. The van der Waals surface area contributed by atoms with Gasteiger partial charge in [-0.05, 0) is 11.1 Å². The van der Waals surface area contributed by atoms with Crippen molar-refractivity contribution in [2.75, 3.05) is 0 Å². The van der Waals surface area contributed by atoms with Crippen LogP contribution in [0.15, 0.2) is 24.3 Å². The van der Waals surface area contributed by atoms with Crippen LogP contribution in [-0.4, -0.2) is 23.5 Å². The molecule has 7 nitrogen and oxygen atoms in total. The van der Waals surface area contributed by atoms with Crippen molar-refractivity contribution < 1.29 is 19.5 Å². The number of aliphatic hydroxyl groups excluding tert-OH is 1. The molecule has 0 bridgehead atoms. The molecule has 7 heteroatoms. The second kappa shape index (κ2) is 6.70. The number of hydrogen-bond acceptors (Lipinski definition) is 6. The zero-order valence-corrected chi connectivity index (χ0v) is 9.58. The molecule has 2 unspecified atom stereocenters. The van der Waals surface area contributed by atoms with Crippen molar-refractivity contribution in [3.8, 4) is 0 Å². The van der Waals surface area contributed by atoms with E-state index >= 15 is 0 Å². The lowest BCUT2D eigenvalue weighted by Gasteiger charge is -2.19. The Kier molecular flexibility index (Phi) is 5.25. The molecule has 0 aromatic heterocycles. The van der Waals surface area contributed by atoms with Gasteiger partial charge in [-0.25, -0.2) is 4.79 Å². The molecule has 0 spiro atoms. The highest BCUT2D eigenvalue weighted by atomic mass is 16.7. The average molecular weight is 253 g/mol. The summed E-state index contributed by atoms with van der Waals surface area (Å²) in [6.45, 7) is -0.0790. The second-order valence-corrected chi connectivity index (χ2v) is 3.64. The lowest BCUT2D eigenvalue weighted by molar-refractivity contribution is -0.110. The summed E-state index contributed by atoms with van der Waals surface area (Å²) in [5.41, 5.74) is 7.20. The highest BCUT2D eigenvalue weighted by Crippen LogP contribution is 2.14. The zero-order chi connectivity index (χ0) is 13.5. The van der Waals surface area contributed by atoms with Gasteiger partial charge < -0.3 is 25.8 Å². The topological polar surface area (TPSA) is 128 Å². The molecule has 2 atom stereocenters. The molecule has 0 aliphatic carbocycles. The summed E-state index contributed by atoms with van der Waals surface area (Å²) in [6.07, 6.45) is -0.434. The number of aldehydes is 1. The zero-order valence-electron chi connectivity index (χ0n) is 9.58. The molecular formula is C11H15N3O4. The number of amides is 1. The highest BCUT2D eigenvalue weighted by molar-refractivity contribution is 5.73. The van der Waals surface area contributed by atoms with Crippen LogP contribution >= 0.6 is 0 Å². The van der Waals surface area contributed by atoms with Gasteiger partial charge in [-0.2, -0.15) is 5.90 Å². The third-order valence-corrected chi connectivity index (χ3v) is 2.47. The van der Waals surface area contributed by atoms with Gasteiger partial charge in [-0.3, -0.25) is 0 Å². The van der Waals surface area contributed by atoms with Crippen LogP contribution in [-0.2, 0) is 16.2 Å². The number of aliphatic hydroxyl groups is 1. The van der Waals surface area contributed by atoms with Gasteiger partial charge in [0.15, 0.2) is 0 Å². The van der Waals surface area contributed by atoms with Crippen LogP contribution in [0.5, 0.6) is 0 Å². The summed E-state index contributed by atoms with van der Waals surface area (Å²) < 4.78 is 0. The van der Waals surface area contributed by atoms with Gasteiger partial charge in [0.25, 0.3) is 0 Å². The second-order valence-electron chi connectivity index (χ2n) is 3.64. The van der Waals surface area contributed by atoms with E-state index in [-0.39, 0.29) is 6.61 Å². The minimum absolute atomic E-state index is 0.0790. The molecule has 98 valence electrons. The molecular weight excluding hydrogens is 238 g/mol. The fourth-order valence-electron chi connectivity index (χ4n) is 1.43. The Morgan fingerprint density at radius 3 is 2.50 bits per heavy atom. The Morgan fingerprint density at radius 1 is 1.44 bits per heavy atom. The number of carbonyl (C=O) groups excluding carboxylic acids is 2. The Hall–Kier alpha value is -1.96. The molecule has 1 aromatic rings. The maximum Gasteiger partial charge on any atom is 0.426 e. The van der Waals surface area contributed by atoms with Gasteiger partial charge in [0.2, 0.25) is 0 Å². The molecule has 1 rings (SSSR count). The Morgan fingerprint density at radius 2 is 2.06 bits per heavy atom. The lowest BCUT2D eigenvalue weighted by atomic mass is 10.00. The van der Waals surface area contributed by atoms with Gasteiger partial charge in [0.05, 0.1) is 12.6 Å². The summed E-state index contributed by atoms with van der Waals surface area (Å²) in [6, 6.07) is 5.02. The van der Waals surface area contributed by atoms with Crippen molar-refractivity contribution >= 4 is 12.4 Å². The third kappa shape index (κ3) is 3.52. The standard InChI is InChI=1S/C11H15N3O4/c12-10(9(6-16)14-11(17)18-13)8-3-1-7(5-15)2-4-8/h1-4,6,9-10,15H,5,12-13H2,(H,14,17).